The molecular weight excluding hydrogens is 316 g/mol. The van der Waals surface area contributed by atoms with E-state index >= 15 is 0 Å². The largest absolute Gasteiger partial charge is 0.378 e. The van der Waals surface area contributed by atoms with E-state index in [-0.39, 0.29) is 11.4 Å². The first-order valence-corrected chi connectivity index (χ1v) is 8.34. The van der Waals surface area contributed by atoms with E-state index in [1.54, 1.807) is 0 Å². The molecule has 0 aromatic heterocycles. The number of nitrogens with zero attached hydrogens (tertiary/aromatic N) is 1. The summed E-state index contributed by atoms with van der Waals surface area (Å²) < 4.78 is 0. The van der Waals surface area contributed by atoms with Crippen molar-refractivity contribution in [2.24, 2.45) is 0 Å². The molecule has 2 rings (SSSR count). The molecule has 4 heteroatoms. The van der Waals surface area contributed by atoms with Gasteiger partial charge in [-0.1, -0.05) is 41.3 Å². The Balaban J connectivity index is 2.12. The van der Waals surface area contributed by atoms with Crippen LogP contribution < -0.4 is 10.2 Å². The number of halogens is 1. The summed E-state index contributed by atoms with van der Waals surface area (Å²) in [7, 11) is 3.97. The molecule has 1 aromatic rings. The molecule has 0 bridgehead atoms. The van der Waals surface area contributed by atoms with Crippen LogP contribution in [0.4, 0.5) is 5.69 Å². The highest BCUT2D eigenvalue weighted by Crippen LogP contribution is 2.30. The third kappa shape index (κ3) is 3.54. The molecular formula is C16H23BrN2O. The summed E-state index contributed by atoms with van der Waals surface area (Å²) in [5, 5.41) is 4.09. The zero-order valence-corrected chi connectivity index (χ0v) is 13.9. The standard InChI is InChI=1S/C16H23BrN2O/c1-19(2)14-8-6-7-13(11-14)15(20)18-16(12-17)9-4-3-5-10-16/h6-8,11H,3-5,9-10,12H2,1-2H3,(H,18,20). The molecule has 20 heavy (non-hydrogen) atoms. The summed E-state index contributed by atoms with van der Waals surface area (Å²) in [6, 6.07) is 7.77. The Hall–Kier alpha value is -1.03. The second-order valence-electron chi connectivity index (χ2n) is 5.87. The Labute approximate surface area is 129 Å². The molecule has 1 aliphatic rings. The zero-order chi connectivity index (χ0) is 14.6. The van der Waals surface area contributed by atoms with Gasteiger partial charge in [0.05, 0.1) is 5.54 Å². The van der Waals surface area contributed by atoms with Gasteiger partial charge in [-0.15, -0.1) is 0 Å². The molecule has 1 aromatic carbocycles. The van der Waals surface area contributed by atoms with Crippen molar-refractivity contribution in [2.45, 2.75) is 37.6 Å². The summed E-state index contributed by atoms with van der Waals surface area (Å²) in [4.78, 5) is 14.5. The molecule has 110 valence electrons. The van der Waals surface area contributed by atoms with Crippen LogP contribution in [-0.4, -0.2) is 30.9 Å². The summed E-state index contributed by atoms with van der Waals surface area (Å²) in [5.41, 5.74) is 1.72. The van der Waals surface area contributed by atoms with Gasteiger partial charge in [-0.2, -0.15) is 0 Å². The Morgan fingerprint density at radius 3 is 2.60 bits per heavy atom. The zero-order valence-electron chi connectivity index (χ0n) is 12.3. The maximum Gasteiger partial charge on any atom is 0.251 e. The summed E-state index contributed by atoms with van der Waals surface area (Å²) >= 11 is 3.58. The number of anilines is 1. The van der Waals surface area contributed by atoms with E-state index in [0.717, 1.165) is 29.4 Å². The molecule has 0 saturated heterocycles. The molecule has 0 unspecified atom stereocenters. The lowest BCUT2D eigenvalue weighted by Crippen LogP contribution is -2.51. The Bertz CT molecular complexity index is 467. The maximum absolute atomic E-state index is 12.5. The van der Waals surface area contributed by atoms with Crippen molar-refractivity contribution in [3.63, 3.8) is 0 Å². The normalized spacial score (nSPS) is 17.6. The molecule has 3 nitrogen and oxygen atoms in total. The SMILES string of the molecule is CN(C)c1cccc(C(=O)NC2(CBr)CCCCC2)c1. The number of carbonyl (C=O) groups is 1. The first-order valence-electron chi connectivity index (χ1n) is 7.22. The van der Waals surface area contributed by atoms with Crippen molar-refractivity contribution in [2.75, 3.05) is 24.3 Å². The fourth-order valence-electron chi connectivity index (χ4n) is 2.76. The van der Waals surface area contributed by atoms with E-state index in [4.69, 9.17) is 0 Å². The number of hydrogen-bond donors (Lipinski definition) is 1. The van der Waals surface area contributed by atoms with E-state index < -0.39 is 0 Å². The Kier molecular flexibility index (Phi) is 5.08. The minimum Gasteiger partial charge on any atom is -0.378 e. The average Bonchev–Trinajstić information content (AvgIpc) is 2.48. The number of amides is 1. The van der Waals surface area contributed by atoms with Crippen LogP contribution in [0.25, 0.3) is 0 Å². The van der Waals surface area contributed by atoms with Gasteiger partial charge in [0.2, 0.25) is 0 Å². The third-order valence-electron chi connectivity index (χ3n) is 4.07. The summed E-state index contributed by atoms with van der Waals surface area (Å²) in [6.45, 7) is 0. The van der Waals surface area contributed by atoms with Gasteiger partial charge in [0.15, 0.2) is 0 Å². The maximum atomic E-state index is 12.5. The van der Waals surface area contributed by atoms with Crippen LogP contribution in [0.2, 0.25) is 0 Å². The molecule has 1 fully saturated rings. The van der Waals surface area contributed by atoms with Crippen LogP contribution in [0.3, 0.4) is 0 Å². The van der Waals surface area contributed by atoms with Crippen molar-refractivity contribution >= 4 is 27.5 Å². The van der Waals surface area contributed by atoms with Crippen LogP contribution in [0.5, 0.6) is 0 Å². The number of alkyl halides is 1. The lowest BCUT2D eigenvalue weighted by atomic mass is 9.83. The van der Waals surface area contributed by atoms with Crippen LogP contribution in [0.15, 0.2) is 24.3 Å². The Morgan fingerprint density at radius 2 is 2.00 bits per heavy atom. The number of benzene rings is 1. The lowest BCUT2D eigenvalue weighted by molar-refractivity contribution is 0.0886. The topological polar surface area (TPSA) is 32.3 Å². The fraction of sp³-hybridized carbons (Fsp3) is 0.562. The van der Waals surface area contributed by atoms with Crippen molar-refractivity contribution in [3.8, 4) is 0 Å². The van der Waals surface area contributed by atoms with Gasteiger partial charge in [0.1, 0.15) is 0 Å². The number of rotatable bonds is 4. The van der Waals surface area contributed by atoms with Gasteiger partial charge < -0.3 is 10.2 Å². The van der Waals surface area contributed by atoms with Crippen molar-refractivity contribution in [1.82, 2.24) is 5.32 Å². The number of nitrogens with one attached hydrogen (secondary N) is 1. The van der Waals surface area contributed by atoms with Gasteiger partial charge in [0, 0.05) is 30.7 Å². The molecule has 1 N–H and O–H groups in total. The minimum absolute atomic E-state index is 0.0371. The fourth-order valence-corrected chi connectivity index (χ4v) is 3.46. The van der Waals surface area contributed by atoms with E-state index in [9.17, 15) is 4.79 Å². The Morgan fingerprint density at radius 1 is 1.30 bits per heavy atom. The van der Waals surface area contributed by atoms with Crippen LogP contribution in [-0.2, 0) is 0 Å². The van der Waals surface area contributed by atoms with Gasteiger partial charge in [-0.05, 0) is 31.0 Å². The van der Waals surface area contributed by atoms with Crippen LogP contribution >= 0.6 is 15.9 Å². The summed E-state index contributed by atoms with van der Waals surface area (Å²) in [5.74, 6) is 0.0371. The second kappa shape index (κ2) is 6.61. The average molecular weight is 339 g/mol. The van der Waals surface area contributed by atoms with E-state index in [1.807, 2.05) is 43.3 Å². The molecule has 0 spiro atoms. The summed E-state index contributed by atoms with van der Waals surface area (Å²) in [6.07, 6.45) is 5.81. The van der Waals surface area contributed by atoms with Gasteiger partial charge in [0.25, 0.3) is 5.91 Å². The van der Waals surface area contributed by atoms with E-state index in [1.165, 1.54) is 19.3 Å². The third-order valence-corrected chi connectivity index (χ3v) is 5.14. The molecule has 0 radical (unpaired) electrons. The van der Waals surface area contributed by atoms with Gasteiger partial charge >= 0.3 is 0 Å². The van der Waals surface area contributed by atoms with Crippen molar-refractivity contribution in [3.05, 3.63) is 29.8 Å². The highest BCUT2D eigenvalue weighted by molar-refractivity contribution is 9.09. The smallest absolute Gasteiger partial charge is 0.251 e. The minimum atomic E-state index is -0.0660. The monoisotopic (exact) mass is 338 g/mol. The molecule has 0 heterocycles. The number of hydrogen-bond acceptors (Lipinski definition) is 2. The van der Waals surface area contributed by atoms with Crippen molar-refractivity contribution < 1.29 is 4.79 Å². The van der Waals surface area contributed by atoms with Crippen LogP contribution in [0.1, 0.15) is 42.5 Å². The molecule has 0 atom stereocenters. The predicted octanol–water partition coefficient (Wildman–Crippen LogP) is 3.58. The molecule has 1 aliphatic carbocycles. The lowest BCUT2D eigenvalue weighted by Gasteiger charge is -2.36. The van der Waals surface area contributed by atoms with Gasteiger partial charge in [-0.25, -0.2) is 0 Å². The number of carbonyl (C=O) groups excluding carboxylic acids is 1. The molecule has 1 saturated carbocycles. The second-order valence-corrected chi connectivity index (χ2v) is 6.43. The van der Waals surface area contributed by atoms with E-state index in [0.29, 0.717) is 0 Å². The first-order chi connectivity index (χ1) is 9.56. The van der Waals surface area contributed by atoms with E-state index in [2.05, 4.69) is 21.2 Å². The van der Waals surface area contributed by atoms with Gasteiger partial charge in [-0.3, -0.25) is 4.79 Å². The van der Waals surface area contributed by atoms with Crippen molar-refractivity contribution in [1.29, 1.82) is 0 Å². The molecule has 0 aliphatic heterocycles. The molecule has 1 amide bonds. The highest BCUT2D eigenvalue weighted by atomic mass is 79.9. The predicted molar refractivity (Wildman–Crippen MR) is 87.8 cm³/mol. The quantitative estimate of drug-likeness (QED) is 0.851. The first kappa shape index (κ1) is 15.4. The highest BCUT2D eigenvalue weighted by Gasteiger charge is 2.32. The van der Waals surface area contributed by atoms with Crippen LogP contribution in [0, 0.1) is 0 Å².